The van der Waals surface area contributed by atoms with Gasteiger partial charge >= 0.3 is 6.03 Å². The molecule has 2 fully saturated rings. The number of carbonyl (C=O) groups excluding carboxylic acids is 3. The molecule has 0 bridgehead atoms. The quantitative estimate of drug-likeness (QED) is 0.831. The fraction of sp³-hybridized carbons (Fsp3) is 0.286. The summed E-state index contributed by atoms with van der Waals surface area (Å²) in [6.07, 6.45) is 1.16. The van der Waals surface area contributed by atoms with Crippen molar-refractivity contribution < 1.29 is 18.8 Å². The summed E-state index contributed by atoms with van der Waals surface area (Å²) in [6, 6.07) is 13.0. The molecule has 2 aromatic rings. The molecule has 6 nitrogen and oxygen atoms in total. The smallest absolute Gasteiger partial charge is 0.324 e. The number of carbonyl (C=O) groups is 3. The van der Waals surface area contributed by atoms with E-state index in [1.165, 1.54) is 17.0 Å². The summed E-state index contributed by atoms with van der Waals surface area (Å²) in [7, 11) is 0. The lowest BCUT2D eigenvalue weighted by molar-refractivity contribution is -0.127. The maximum absolute atomic E-state index is 13.1. The third-order valence-corrected chi connectivity index (χ3v) is 5.30. The molecule has 2 saturated heterocycles. The van der Waals surface area contributed by atoms with E-state index in [0.29, 0.717) is 31.5 Å². The first kappa shape index (κ1) is 18.2. The number of urea groups is 1. The zero-order chi connectivity index (χ0) is 19.7. The Morgan fingerprint density at radius 3 is 2.04 bits per heavy atom. The zero-order valence-electron chi connectivity index (χ0n) is 15.2. The summed E-state index contributed by atoms with van der Waals surface area (Å²) in [6.45, 7) is 1.05. The van der Waals surface area contributed by atoms with Crippen LogP contribution in [0.4, 0.5) is 9.18 Å². The second-order valence-electron chi connectivity index (χ2n) is 7.03. The number of imide groups is 1. The lowest BCUT2D eigenvalue weighted by atomic mass is 10.0. The Kier molecular flexibility index (Phi) is 4.81. The third-order valence-electron chi connectivity index (χ3n) is 5.30. The average Bonchev–Trinajstić information content (AvgIpc) is 3.06. The van der Waals surface area contributed by atoms with Crippen molar-refractivity contribution in [3.05, 3.63) is 59.9 Å². The summed E-state index contributed by atoms with van der Waals surface area (Å²) >= 11 is 0. The third kappa shape index (κ3) is 3.47. The molecule has 4 rings (SSSR count). The van der Waals surface area contributed by atoms with Crippen molar-refractivity contribution >= 4 is 17.8 Å². The van der Waals surface area contributed by atoms with Crippen LogP contribution in [0.15, 0.2) is 48.5 Å². The Balaban J connectivity index is 1.39. The van der Waals surface area contributed by atoms with E-state index >= 15 is 0 Å². The molecule has 0 saturated carbocycles. The van der Waals surface area contributed by atoms with E-state index in [-0.39, 0.29) is 36.2 Å². The van der Waals surface area contributed by atoms with Crippen molar-refractivity contribution in [2.75, 3.05) is 19.6 Å². The van der Waals surface area contributed by atoms with Crippen LogP contribution in [-0.4, -0.2) is 53.3 Å². The maximum Gasteiger partial charge on any atom is 0.324 e. The predicted octanol–water partition coefficient (Wildman–Crippen LogP) is 2.65. The minimum Gasteiger partial charge on any atom is -0.338 e. The van der Waals surface area contributed by atoms with Crippen LogP contribution in [0.25, 0.3) is 11.1 Å². The molecule has 2 aromatic carbocycles. The fourth-order valence-electron chi connectivity index (χ4n) is 3.76. The molecule has 0 aromatic heterocycles. The number of halogens is 1. The van der Waals surface area contributed by atoms with Gasteiger partial charge in [0.25, 0.3) is 5.91 Å². The van der Waals surface area contributed by atoms with Gasteiger partial charge in [-0.25, -0.2) is 9.18 Å². The Morgan fingerprint density at radius 1 is 0.929 bits per heavy atom. The largest absolute Gasteiger partial charge is 0.338 e. The SMILES string of the molecule is O=C(c1ccc(-c2ccc(F)cc2)cc1)N1CCC(N2C(=O)CNC2=O)CC1. The highest BCUT2D eigenvalue weighted by atomic mass is 19.1. The van der Waals surface area contributed by atoms with Crippen LogP contribution in [0.2, 0.25) is 0 Å². The number of hydrogen-bond acceptors (Lipinski definition) is 3. The van der Waals surface area contributed by atoms with Crippen LogP contribution in [-0.2, 0) is 4.79 Å². The molecule has 2 aliphatic rings. The summed E-state index contributed by atoms with van der Waals surface area (Å²) in [4.78, 5) is 39.4. The maximum atomic E-state index is 13.1. The van der Waals surface area contributed by atoms with Crippen molar-refractivity contribution in [2.45, 2.75) is 18.9 Å². The van der Waals surface area contributed by atoms with Crippen LogP contribution in [0, 0.1) is 5.82 Å². The molecule has 0 aliphatic carbocycles. The van der Waals surface area contributed by atoms with E-state index in [1.807, 2.05) is 12.1 Å². The topological polar surface area (TPSA) is 69.7 Å². The second kappa shape index (κ2) is 7.42. The van der Waals surface area contributed by atoms with E-state index in [0.717, 1.165) is 11.1 Å². The lowest BCUT2D eigenvalue weighted by Crippen LogP contribution is -2.49. The fourth-order valence-corrected chi connectivity index (χ4v) is 3.76. The summed E-state index contributed by atoms with van der Waals surface area (Å²) in [5, 5.41) is 2.53. The number of piperidine rings is 1. The van der Waals surface area contributed by atoms with E-state index in [4.69, 9.17) is 0 Å². The van der Waals surface area contributed by atoms with E-state index in [9.17, 15) is 18.8 Å². The Hall–Kier alpha value is -3.22. The molecule has 0 spiro atoms. The van der Waals surface area contributed by atoms with E-state index < -0.39 is 0 Å². The van der Waals surface area contributed by atoms with Gasteiger partial charge in [0.15, 0.2) is 0 Å². The highest BCUT2D eigenvalue weighted by Crippen LogP contribution is 2.23. The second-order valence-corrected chi connectivity index (χ2v) is 7.03. The molecular formula is C21H20FN3O3. The highest BCUT2D eigenvalue weighted by Gasteiger charge is 2.37. The Labute approximate surface area is 161 Å². The zero-order valence-corrected chi connectivity index (χ0v) is 15.2. The van der Waals surface area contributed by atoms with Gasteiger partial charge in [0.05, 0.1) is 6.54 Å². The van der Waals surface area contributed by atoms with Gasteiger partial charge in [0.1, 0.15) is 5.82 Å². The normalized spacial score (nSPS) is 17.8. The van der Waals surface area contributed by atoms with Crippen molar-refractivity contribution in [3.63, 3.8) is 0 Å². The average molecular weight is 381 g/mol. The molecule has 0 radical (unpaired) electrons. The van der Waals surface area contributed by atoms with Gasteiger partial charge in [-0.1, -0.05) is 24.3 Å². The van der Waals surface area contributed by atoms with Crippen molar-refractivity contribution in [1.82, 2.24) is 15.1 Å². The minimum absolute atomic E-state index is 0.0540. The molecule has 28 heavy (non-hydrogen) atoms. The molecule has 7 heteroatoms. The van der Waals surface area contributed by atoms with Gasteiger partial charge in [-0.3, -0.25) is 14.5 Å². The number of rotatable bonds is 3. The predicted molar refractivity (Wildman–Crippen MR) is 101 cm³/mol. The summed E-state index contributed by atoms with van der Waals surface area (Å²) < 4.78 is 13.1. The number of likely N-dealkylation sites (tertiary alicyclic amines) is 1. The summed E-state index contributed by atoms with van der Waals surface area (Å²) in [5.74, 6) is -0.556. The van der Waals surface area contributed by atoms with Crippen LogP contribution in [0.5, 0.6) is 0 Å². The molecule has 1 N–H and O–H groups in total. The first-order chi connectivity index (χ1) is 13.5. The molecule has 2 heterocycles. The van der Waals surface area contributed by atoms with Crippen LogP contribution >= 0.6 is 0 Å². The molecule has 0 atom stereocenters. The molecule has 144 valence electrons. The molecule has 0 unspecified atom stereocenters. The number of amides is 4. The molecule has 2 aliphatic heterocycles. The summed E-state index contributed by atoms with van der Waals surface area (Å²) in [5.41, 5.74) is 2.38. The van der Waals surface area contributed by atoms with Crippen molar-refractivity contribution in [2.24, 2.45) is 0 Å². The van der Waals surface area contributed by atoms with Crippen molar-refractivity contribution in [3.8, 4) is 11.1 Å². The van der Waals surface area contributed by atoms with Gasteiger partial charge in [-0.05, 0) is 48.2 Å². The van der Waals surface area contributed by atoms with Gasteiger partial charge in [0, 0.05) is 24.7 Å². The number of nitrogens with zero attached hydrogens (tertiary/aromatic N) is 2. The van der Waals surface area contributed by atoms with Crippen LogP contribution in [0.3, 0.4) is 0 Å². The first-order valence-electron chi connectivity index (χ1n) is 9.28. The molecule has 4 amide bonds. The van der Waals surface area contributed by atoms with E-state index in [2.05, 4.69) is 5.32 Å². The van der Waals surface area contributed by atoms with Gasteiger partial charge in [-0.15, -0.1) is 0 Å². The lowest BCUT2D eigenvalue weighted by Gasteiger charge is -2.35. The standard InChI is InChI=1S/C21H20FN3O3/c22-17-7-5-15(6-8-17)14-1-3-16(4-2-14)20(27)24-11-9-18(10-12-24)25-19(26)13-23-21(25)28/h1-8,18H,9-13H2,(H,23,28). The van der Waals surface area contributed by atoms with Crippen molar-refractivity contribution in [1.29, 1.82) is 0 Å². The monoisotopic (exact) mass is 381 g/mol. The van der Waals surface area contributed by atoms with Gasteiger partial charge in [0.2, 0.25) is 5.91 Å². The van der Waals surface area contributed by atoms with E-state index in [1.54, 1.807) is 29.2 Å². The Bertz CT molecular complexity index is 887. The van der Waals surface area contributed by atoms with Gasteiger partial charge in [-0.2, -0.15) is 0 Å². The number of benzene rings is 2. The molecular weight excluding hydrogens is 361 g/mol. The number of nitrogens with one attached hydrogen (secondary N) is 1. The van der Waals surface area contributed by atoms with Gasteiger partial charge < -0.3 is 10.2 Å². The first-order valence-corrected chi connectivity index (χ1v) is 9.28. The Morgan fingerprint density at radius 2 is 1.50 bits per heavy atom. The highest BCUT2D eigenvalue weighted by molar-refractivity contribution is 6.02. The van der Waals surface area contributed by atoms with Crippen LogP contribution < -0.4 is 5.32 Å². The minimum atomic E-state index is -0.342. The number of hydrogen-bond donors (Lipinski definition) is 1. The van der Waals surface area contributed by atoms with Crippen LogP contribution in [0.1, 0.15) is 23.2 Å².